The van der Waals surface area contributed by atoms with E-state index in [2.05, 4.69) is 16.0 Å². The van der Waals surface area contributed by atoms with Gasteiger partial charge in [0.25, 0.3) is 5.91 Å². The number of amides is 3. The average Bonchev–Trinajstić information content (AvgIpc) is 3.29. The van der Waals surface area contributed by atoms with Crippen molar-refractivity contribution < 1.29 is 14.4 Å². The highest BCUT2D eigenvalue weighted by atomic mass is 16.2. The molecule has 0 bridgehead atoms. The molecule has 0 atom stereocenters. The molecule has 1 saturated carbocycles. The average molecular weight is 289 g/mol. The second kappa shape index (κ2) is 6.88. The van der Waals surface area contributed by atoms with E-state index in [0.717, 1.165) is 19.3 Å². The van der Waals surface area contributed by atoms with E-state index in [1.54, 1.807) is 24.3 Å². The van der Waals surface area contributed by atoms with Gasteiger partial charge in [0.15, 0.2) is 0 Å². The molecule has 1 aromatic carbocycles. The maximum Gasteiger partial charge on any atom is 0.313 e. The number of carbonyl (C=O) groups excluding carboxylic acids is 3. The zero-order chi connectivity index (χ0) is 15.2. The fraction of sp³-hybridized carbons (Fsp3) is 0.400. The lowest BCUT2D eigenvalue weighted by Crippen LogP contribution is -2.36. The van der Waals surface area contributed by atoms with Crippen LogP contribution in [0.2, 0.25) is 0 Å². The number of nitrogens with one attached hydrogen (secondary N) is 3. The van der Waals surface area contributed by atoms with Crippen molar-refractivity contribution in [3.8, 4) is 0 Å². The second-order valence-electron chi connectivity index (χ2n) is 5.00. The number of anilines is 1. The van der Waals surface area contributed by atoms with Crippen LogP contribution in [-0.4, -0.2) is 30.3 Å². The van der Waals surface area contributed by atoms with Gasteiger partial charge in [-0.25, -0.2) is 0 Å². The molecule has 0 aliphatic heterocycles. The molecule has 0 unspecified atom stereocenters. The fourth-order valence-corrected chi connectivity index (χ4v) is 1.78. The number of para-hydroxylation sites is 1. The van der Waals surface area contributed by atoms with E-state index in [1.165, 1.54) is 0 Å². The summed E-state index contributed by atoms with van der Waals surface area (Å²) in [5.41, 5.74) is 0.702. The summed E-state index contributed by atoms with van der Waals surface area (Å²) in [6.07, 6.45) is 2.72. The van der Waals surface area contributed by atoms with E-state index in [4.69, 9.17) is 0 Å². The van der Waals surface area contributed by atoms with E-state index in [-0.39, 0.29) is 11.9 Å². The summed E-state index contributed by atoms with van der Waals surface area (Å²) in [6.45, 7) is 2.34. The number of hydrogen-bond acceptors (Lipinski definition) is 3. The lowest BCUT2D eigenvalue weighted by atomic mass is 10.1. The standard InChI is InChI=1S/C15H19N3O3/c1-2-9-16-14(20)15(21)18-12-6-4-3-5-11(12)13(19)17-10-7-8-10/h3-6,10H,2,7-9H2,1H3,(H,16,20)(H,17,19)(H,18,21). The monoisotopic (exact) mass is 289 g/mol. The SMILES string of the molecule is CCCNC(=O)C(=O)Nc1ccccc1C(=O)NC1CC1. The highest BCUT2D eigenvalue weighted by Gasteiger charge is 2.25. The van der Waals surface area contributed by atoms with Crippen LogP contribution in [0.3, 0.4) is 0 Å². The van der Waals surface area contributed by atoms with Crippen LogP contribution < -0.4 is 16.0 Å². The molecule has 0 heterocycles. The molecule has 0 spiro atoms. The van der Waals surface area contributed by atoms with E-state index >= 15 is 0 Å². The van der Waals surface area contributed by atoms with Crippen LogP contribution in [0.1, 0.15) is 36.5 Å². The first kappa shape index (κ1) is 15.0. The van der Waals surface area contributed by atoms with Gasteiger partial charge >= 0.3 is 11.8 Å². The first-order valence-electron chi connectivity index (χ1n) is 7.11. The number of rotatable bonds is 5. The van der Waals surface area contributed by atoms with Gasteiger partial charge < -0.3 is 16.0 Å². The quantitative estimate of drug-likeness (QED) is 0.708. The lowest BCUT2D eigenvalue weighted by molar-refractivity contribution is -0.136. The van der Waals surface area contributed by atoms with Gasteiger partial charge in [0.05, 0.1) is 11.3 Å². The predicted octanol–water partition coefficient (Wildman–Crippen LogP) is 1.04. The Morgan fingerprint density at radius 3 is 2.52 bits per heavy atom. The molecule has 1 aliphatic carbocycles. The minimum atomic E-state index is -0.768. The van der Waals surface area contributed by atoms with Gasteiger partial charge in [-0.2, -0.15) is 0 Å². The third-order valence-electron chi connectivity index (χ3n) is 3.07. The van der Waals surface area contributed by atoms with E-state index < -0.39 is 11.8 Å². The van der Waals surface area contributed by atoms with Crippen molar-refractivity contribution in [3.63, 3.8) is 0 Å². The second-order valence-corrected chi connectivity index (χ2v) is 5.00. The summed E-state index contributed by atoms with van der Waals surface area (Å²) in [6, 6.07) is 6.88. The van der Waals surface area contributed by atoms with Crippen molar-refractivity contribution in [2.24, 2.45) is 0 Å². The fourth-order valence-electron chi connectivity index (χ4n) is 1.78. The van der Waals surface area contributed by atoms with E-state index in [9.17, 15) is 14.4 Å². The van der Waals surface area contributed by atoms with Crippen molar-refractivity contribution in [1.82, 2.24) is 10.6 Å². The zero-order valence-electron chi connectivity index (χ0n) is 11.9. The smallest absolute Gasteiger partial charge is 0.313 e. The molecular formula is C15H19N3O3. The van der Waals surface area contributed by atoms with Gasteiger partial charge in [-0.1, -0.05) is 19.1 Å². The Labute approximate surface area is 123 Å². The highest BCUT2D eigenvalue weighted by Crippen LogP contribution is 2.21. The first-order valence-corrected chi connectivity index (χ1v) is 7.11. The van der Waals surface area contributed by atoms with Crippen LogP contribution in [0.5, 0.6) is 0 Å². The Morgan fingerprint density at radius 1 is 1.14 bits per heavy atom. The van der Waals surface area contributed by atoms with Gasteiger partial charge in [-0.05, 0) is 31.4 Å². The summed E-state index contributed by atoms with van der Waals surface area (Å²) < 4.78 is 0. The normalized spacial score (nSPS) is 13.4. The zero-order valence-corrected chi connectivity index (χ0v) is 11.9. The molecule has 1 aromatic rings. The van der Waals surface area contributed by atoms with Gasteiger partial charge in [-0.3, -0.25) is 14.4 Å². The molecule has 6 nitrogen and oxygen atoms in total. The minimum Gasteiger partial charge on any atom is -0.349 e. The topological polar surface area (TPSA) is 87.3 Å². The minimum absolute atomic E-state index is 0.231. The number of carbonyl (C=O) groups is 3. The summed E-state index contributed by atoms with van der Waals surface area (Å²) in [7, 11) is 0. The van der Waals surface area contributed by atoms with E-state index in [1.807, 2.05) is 6.92 Å². The van der Waals surface area contributed by atoms with Crippen LogP contribution in [0.4, 0.5) is 5.69 Å². The van der Waals surface area contributed by atoms with Crippen molar-refractivity contribution >= 4 is 23.4 Å². The molecule has 2 rings (SSSR count). The van der Waals surface area contributed by atoms with Crippen molar-refractivity contribution in [2.75, 3.05) is 11.9 Å². The molecule has 0 radical (unpaired) electrons. The van der Waals surface area contributed by atoms with Crippen LogP contribution in [0, 0.1) is 0 Å². The summed E-state index contributed by atoms with van der Waals surface area (Å²) in [5.74, 6) is -1.70. The van der Waals surface area contributed by atoms with Gasteiger partial charge in [0.1, 0.15) is 0 Å². The maximum absolute atomic E-state index is 12.1. The Kier molecular flexibility index (Phi) is 4.92. The molecule has 112 valence electrons. The Hall–Kier alpha value is -2.37. The van der Waals surface area contributed by atoms with Gasteiger partial charge in [0, 0.05) is 12.6 Å². The molecule has 21 heavy (non-hydrogen) atoms. The Balaban J connectivity index is 2.03. The molecule has 0 aromatic heterocycles. The molecule has 3 N–H and O–H groups in total. The highest BCUT2D eigenvalue weighted by molar-refractivity contribution is 6.40. The summed E-state index contributed by atoms with van der Waals surface area (Å²) in [4.78, 5) is 35.4. The predicted molar refractivity (Wildman–Crippen MR) is 78.9 cm³/mol. The molecule has 1 aliphatic rings. The molecule has 3 amide bonds. The maximum atomic E-state index is 12.1. The summed E-state index contributed by atoms with van der Waals surface area (Å²) >= 11 is 0. The number of benzene rings is 1. The third kappa shape index (κ3) is 4.30. The van der Waals surface area contributed by atoms with Crippen LogP contribution in [0.15, 0.2) is 24.3 Å². The first-order chi connectivity index (χ1) is 10.1. The molecule has 1 fully saturated rings. The van der Waals surface area contributed by atoms with Crippen molar-refractivity contribution in [1.29, 1.82) is 0 Å². The lowest BCUT2D eigenvalue weighted by Gasteiger charge is -2.11. The van der Waals surface area contributed by atoms with Crippen LogP contribution in [-0.2, 0) is 9.59 Å². The van der Waals surface area contributed by atoms with Gasteiger partial charge in [0.2, 0.25) is 0 Å². The molecular weight excluding hydrogens is 270 g/mol. The van der Waals surface area contributed by atoms with Gasteiger partial charge in [-0.15, -0.1) is 0 Å². The third-order valence-corrected chi connectivity index (χ3v) is 3.07. The van der Waals surface area contributed by atoms with E-state index in [0.29, 0.717) is 17.8 Å². The van der Waals surface area contributed by atoms with Crippen LogP contribution >= 0.6 is 0 Å². The van der Waals surface area contributed by atoms with Crippen molar-refractivity contribution in [2.45, 2.75) is 32.2 Å². The largest absolute Gasteiger partial charge is 0.349 e. The molecule has 0 saturated heterocycles. The number of hydrogen-bond donors (Lipinski definition) is 3. The summed E-state index contributed by atoms with van der Waals surface area (Å²) in [5, 5.41) is 7.83. The van der Waals surface area contributed by atoms with Crippen LogP contribution in [0.25, 0.3) is 0 Å². The molecule has 6 heteroatoms. The Bertz CT molecular complexity index is 553. The Morgan fingerprint density at radius 2 is 1.86 bits per heavy atom. The van der Waals surface area contributed by atoms with Crippen molar-refractivity contribution in [3.05, 3.63) is 29.8 Å².